The fourth-order valence-corrected chi connectivity index (χ4v) is 2.21. The zero-order chi connectivity index (χ0) is 17.6. The van der Waals surface area contributed by atoms with E-state index in [2.05, 4.69) is 20.8 Å². The molecule has 0 fully saturated rings. The van der Waals surface area contributed by atoms with Crippen LogP contribution in [-0.4, -0.2) is 23.2 Å². The van der Waals surface area contributed by atoms with Gasteiger partial charge >= 0.3 is 0 Å². The predicted molar refractivity (Wildman–Crippen MR) is 97.4 cm³/mol. The molecule has 126 valence electrons. The van der Waals surface area contributed by atoms with Crippen molar-refractivity contribution < 1.29 is 9.53 Å². The van der Waals surface area contributed by atoms with Gasteiger partial charge in [0.15, 0.2) is 11.6 Å². The van der Waals surface area contributed by atoms with Crippen molar-refractivity contribution in [2.45, 2.75) is 6.92 Å². The van der Waals surface area contributed by atoms with Crippen LogP contribution in [0.4, 0.5) is 17.3 Å². The van der Waals surface area contributed by atoms with Crippen LogP contribution in [0.25, 0.3) is 0 Å². The highest BCUT2D eigenvalue weighted by molar-refractivity contribution is 6.03. The summed E-state index contributed by atoms with van der Waals surface area (Å²) >= 11 is 0. The van der Waals surface area contributed by atoms with Crippen LogP contribution in [0.15, 0.2) is 60.7 Å². The van der Waals surface area contributed by atoms with Gasteiger partial charge in [-0.25, -0.2) is 0 Å². The lowest BCUT2D eigenvalue weighted by molar-refractivity contribution is 0.102. The van der Waals surface area contributed by atoms with E-state index in [-0.39, 0.29) is 5.91 Å². The maximum absolute atomic E-state index is 12.2. The summed E-state index contributed by atoms with van der Waals surface area (Å²) in [5.74, 6) is 1.49. The fourth-order valence-electron chi connectivity index (χ4n) is 2.21. The number of carbonyl (C=O) groups excluding carboxylic acids is 1. The summed E-state index contributed by atoms with van der Waals surface area (Å²) in [7, 11) is 1.62. The Morgan fingerprint density at radius 2 is 1.68 bits per heavy atom. The van der Waals surface area contributed by atoms with Crippen LogP contribution in [0.3, 0.4) is 0 Å². The molecule has 3 aromatic rings. The first-order valence-electron chi connectivity index (χ1n) is 7.77. The Labute approximate surface area is 145 Å². The molecule has 2 aromatic carbocycles. The molecule has 0 spiro atoms. The fraction of sp³-hybridized carbons (Fsp3) is 0.105. The predicted octanol–water partition coefficient (Wildman–Crippen LogP) is 3.79. The van der Waals surface area contributed by atoms with Crippen molar-refractivity contribution in [3.05, 3.63) is 71.8 Å². The minimum atomic E-state index is -0.220. The lowest BCUT2D eigenvalue weighted by Crippen LogP contribution is -2.13. The van der Waals surface area contributed by atoms with Gasteiger partial charge < -0.3 is 15.4 Å². The molecule has 3 rings (SSSR count). The van der Waals surface area contributed by atoms with E-state index in [9.17, 15) is 4.79 Å². The Hall–Kier alpha value is -3.41. The SMILES string of the molecule is COc1cccc(Nc2ccc(NC(=O)c3ccc(C)cc3)nn2)c1. The Kier molecular flexibility index (Phi) is 4.89. The van der Waals surface area contributed by atoms with Crippen LogP contribution in [0.1, 0.15) is 15.9 Å². The third-order valence-corrected chi connectivity index (χ3v) is 3.56. The van der Waals surface area contributed by atoms with E-state index in [4.69, 9.17) is 4.74 Å². The van der Waals surface area contributed by atoms with Gasteiger partial charge in [0.05, 0.1) is 7.11 Å². The van der Waals surface area contributed by atoms with Gasteiger partial charge in [-0.05, 0) is 43.3 Å². The molecule has 6 heteroatoms. The number of nitrogens with zero attached hydrogens (tertiary/aromatic N) is 2. The number of hydrogen-bond donors (Lipinski definition) is 2. The van der Waals surface area contributed by atoms with Crippen LogP contribution in [0.2, 0.25) is 0 Å². The van der Waals surface area contributed by atoms with Crippen molar-refractivity contribution in [3.8, 4) is 5.75 Å². The van der Waals surface area contributed by atoms with E-state index in [0.29, 0.717) is 17.2 Å². The average Bonchev–Trinajstić information content (AvgIpc) is 2.64. The van der Waals surface area contributed by atoms with Crippen molar-refractivity contribution in [2.75, 3.05) is 17.7 Å². The summed E-state index contributed by atoms with van der Waals surface area (Å²) < 4.78 is 5.18. The van der Waals surface area contributed by atoms with Crippen molar-refractivity contribution in [1.82, 2.24) is 10.2 Å². The van der Waals surface area contributed by atoms with E-state index >= 15 is 0 Å². The third kappa shape index (κ3) is 4.32. The first-order valence-corrected chi connectivity index (χ1v) is 7.77. The number of amides is 1. The third-order valence-electron chi connectivity index (χ3n) is 3.56. The van der Waals surface area contributed by atoms with Gasteiger partial charge in [0.25, 0.3) is 5.91 Å². The molecule has 0 aliphatic rings. The number of rotatable bonds is 5. The van der Waals surface area contributed by atoms with Gasteiger partial charge in [-0.2, -0.15) is 0 Å². The number of anilines is 3. The molecular formula is C19H18N4O2. The lowest BCUT2D eigenvalue weighted by Gasteiger charge is -2.08. The highest BCUT2D eigenvalue weighted by atomic mass is 16.5. The van der Waals surface area contributed by atoms with Crippen LogP contribution in [0.5, 0.6) is 5.75 Å². The zero-order valence-electron chi connectivity index (χ0n) is 14.0. The van der Waals surface area contributed by atoms with Gasteiger partial charge in [-0.3, -0.25) is 4.79 Å². The molecule has 0 aliphatic heterocycles. The van der Waals surface area contributed by atoms with Crippen molar-refractivity contribution in [2.24, 2.45) is 0 Å². The number of ether oxygens (including phenoxy) is 1. The second kappa shape index (κ2) is 7.44. The molecule has 0 bridgehead atoms. The molecular weight excluding hydrogens is 316 g/mol. The van der Waals surface area contributed by atoms with Crippen LogP contribution < -0.4 is 15.4 Å². The number of hydrogen-bond acceptors (Lipinski definition) is 5. The van der Waals surface area contributed by atoms with Gasteiger partial charge in [-0.1, -0.05) is 23.8 Å². The molecule has 6 nitrogen and oxygen atoms in total. The smallest absolute Gasteiger partial charge is 0.256 e. The van der Waals surface area contributed by atoms with E-state index in [0.717, 1.165) is 17.0 Å². The number of nitrogens with one attached hydrogen (secondary N) is 2. The first-order chi connectivity index (χ1) is 12.1. The minimum Gasteiger partial charge on any atom is -0.497 e. The maximum Gasteiger partial charge on any atom is 0.256 e. The van der Waals surface area contributed by atoms with Crippen LogP contribution in [0, 0.1) is 6.92 Å². The zero-order valence-corrected chi connectivity index (χ0v) is 14.0. The molecule has 2 N–H and O–H groups in total. The quantitative estimate of drug-likeness (QED) is 0.742. The van der Waals surface area contributed by atoms with E-state index < -0.39 is 0 Å². The largest absolute Gasteiger partial charge is 0.497 e. The Morgan fingerprint density at radius 3 is 2.36 bits per heavy atom. The topological polar surface area (TPSA) is 76.1 Å². The highest BCUT2D eigenvalue weighted by Gasteiger charge is 2.07. The molecule has 0 saturated heterocycles. The van der Waals surface area contributed by atoms with E-state index in [1.807, 2.05) is 43.3 Å². The number of aryl methyl sites for hydroxylation is 1. The summed E-state index contributed by atoms with van der Waals surface area (Å²) in [5.41, 5.74) is 2.51. The Morgan fingerprint density at radius 1 is 0.960 bits per heavy atom. The summed E-state index contributed by atoms with van der Waals surface area (Å²) in [6.45, 7) is 1.97. The van der Waals surface area contributed by atoms with Crippen molar-refractivity contribution in [1.29, 1.82) is 0 Å². The van der Waals surface area contributed by atoms with Crippen LogP contribution >= 0.6 is 0 Å². The minimum absolute atomic E-state index is 0.220. The second-order valence-electron chi connectivity index (χ2n) is 5.48. The molecule has 1 heterocycles. The first kappa shape index (κ1) is 16.4. The average molecular weight is 334 g/mol. The van der Waals surface area contributed by atoms with Gasteiger partial charge in [0.1, 0.15) is 5.75 Å². The Bertz CT molecular complexity index is 861. The van der Waals surface area contributed by atoms with Crippen molar-refractivity contribution >= 4 is 23.2 Å². The molecule has 0 atom stereocenters. The molecule has 0 radical (unpaired) electrons. The normalized spacial score (nSPS) is 10.2. The molecule has 25 heavy (non-hydrogen) atoms. The summed E-state index contributed by atoms with van der Waals surface area (Å²) in [6.07, 6.45) is 0. The molecule has 0 saturated carbocycles. The summed E-state index contributed by atoms with van der Waals surface area (Å²) in [4.78, 5) is 12.2. The maximum atomic E-state index is 12.2. The molecule has 1 aromatic heterocycles. The van der Waals surface area contributed by atoms with E-state index in [1.165, 1.54) is 0 Å². The molecule has 1 amide bonds. The monoisotopic (exact) mass is 334 g/mol. The van der Waals surface area contributed by atoms with Crippen molar-refractivity contribution in [3.63, 3.8) is 0 Å². The van der Waals surface area contributed by atoms with Gasteiger partial charge in [0, 0.05) is 17.3 Å². The summed E-state index contributed by atoms with van der Waals surface area (Å²) in [6, 6.07) is 18.3. The van der Waals surface area contributed by atoms with E-state index in [1.54, 1.807) is 31.4 Å². The number of methoxy groups -OCH3 is 1. The molecule has 0 aliphatic carbocycles. The Balaban J connectivity index is 1.65. The van der Waals surface area contributed by atoms with Crippen LogP contribution in [-0.2, 0) is 0 Å². The highest BCUT2D eigenvalue weighted by Crippen LogP contribution is 2.20. The lowest BCUT2D eigenvalue weighted by atomic mass is 10.1. The number of carbonyl (C=O) groups is 1. The summed E-state index contributed by atoms with van der Waals surface area (Å²) in [5, 5.41) is 14.0. The van der Waals surface area contributed by atoms with Gasteiger partial charge in [0.2, 0.25) is 0 Å². The second-order valence-corrected chi connectivity index (χ2v) is 5.48. The number of benzene rings is 2. The number of aromatic nitrogens is 2. The standard InChI is InChI=1S/C19H18N4O2/c1-13-6-8-14(9-7-13)19(24)21-18-11-10-17(22-23-18)20-15-4-3-5-16(12-15)25-2/h3-12H,1-2H3,(H,20,22)(H,21,23,24). The molecule has 0 unspecified atom stereocenters. The van der Waals surface area contributed by atoms with Gasteiger partial charge in [-0.15, -0.1) is 10.2 Å².